The highest BCUT2D eigenvalue weighted by atomic mass is 19.1. The van der Waals surface area contributed by atoms with Crippen molar-refractivity contribution in [3.63, 3.8) is 0 Å². The van der Waals surface area contributed by atoms with E-state index in [1.165, 1.54) is 35.2 Å². The van der Waals surface area contributed by atoms with E-state index >= 15 is 0 Å². The zero-order valence-electron chi connectivity index (χ0n) is 17.4. The first-order valence-electron chi connectivity index (χ1n) is 10.1. The van der Waals surface area contributed by atoms with Crippen molar-refractivity contribution in [2.45, 2.75) is 34.2 Å². The number of halogens is 1. The van der Waals surface area contributed by atoms with Gasteiger partial charge in [-0.2, -0.15) is 0 Å². The van der Waals surface area contributed by atoms with Crippen molar-refractivity contribution in [2.24, 2.45) is 11.8 Å². The molecular formula is C24H28FNO3. The maximum absolute atomic E-state index is 13.5. The minimum absolute atomic E-state index is 0.117. The van der Waals surface area contributed by atoms with Crippen LogP contribution in [0, 0.1) is 17.7 Å². The summed E-state index contributed by atoms with van der Waals surface area (Å²) in [5.41, 5.74) is 1.47. The molecule has 4 nitrogen and oxygen atoms in total. The third kappa shape index (κ3) is 5.04. The van der Waals surface area contributed by atoms with Crippen LogP contribution in [0.1, 0.15) is 49.2 Å². The second-order valence-corrected chi connectivity index (χ2v) is 8.54. The van der Waals surface area contributed by atoms with Crippen molar-refractivity contribution in [3.05, 3.63) is 64.7 Å². The third-order valence-corrected chi connectivity index (χ3v) is 4.87. The molecule has 3 rings (SSSR count). The lowest BCUT2D eigenvalue weighted by Gasteiger charge is -2.26. The highest BCUT2D eigenvalue weighted by Gasteiger charge is 2.31. The van der Waals surface area contributed by atoms with Crippen molar-refractivity contribution in [3.8, 4) is 11.5 Å². The summed E-state index contributed by atoms with van der Waals surface area (Å²) >= 11 is 0. The van der Waals surface area contributed by atoms with Gasteiger partial charge >= 0.3 is 0 Å². The first-order chi connectivity index (χ1) is 13.7. The van der Waals surface area contributed by atoms with Crippen molar-refractivity contribution in [1.82, 2.24) is 0 Å². The zero-order chi connectivity index (χ0) is 21.1. The van der Waals surface area contributed by atoms with E-state index in [0.717, 1.165) is 13.1 Å². The van der Waals surface area contributed by atoms with Gasteiger partial charge in [0, 0.05) is 17.4 Å². The summed E-state index contributed by atoms with van der Waals surface area (Å²) in [5, 5.41) is 12.6. The second kappa shape index (κ2) is 8.78. The fourth-order valence-electron chi connectivity index (χ4n) is 3.84. The Morgan fingerprint density at radius 1 is 1.10 bits per heavy atom. The fraction of sp³-hybridized carbons (Fsp3) is 0.375. The number of quaternary nitrogens is 1. The number of ether oxygens (including phenoxy) is 1. The van der Waals surface area contributed by atoms with Gasteiger partial charge in [-0.15, -0.1) is 0 Å². The lowest BCUT2D eigenvalue weighted by molar-refractivity contribution is -0.919. The lowest BCUT2D eigenvalue weighted by atomic mass is 10.0. The van der Waals surface area contributed by atoms with Crippen LogP contribution in [0.25, 0.3) is 6.08 Å². The fourth-order valence-corrected chi connectivity index (χ4v) is 3.84. The molecule has 0 spiro atoms. The standard InChI is InChI=1S/C24H28FNO3/c1-15(2)12-26(13-16(3)4)14-20-21(27)9-8-19-23(28)22(29-24(19)20)11-17-6-5-7-18(25)10-17/h5-11,15-16,27H,12-14H2,1-4H3/b22-11-. The Morgan fingerprint density at radius 3 is 2.41 bits per heavy atom. The quantitative estimate of drug-likeness (QED) is 0.730. The van der Waals surface area contributed by atoms with Crippen molar-refractivity contribution >= 4 is 11.9 Å². The van der Waals surface area contributed by atoms with E-state index in [0.29, 0.717) is 40.8 Å². The highest BCUT2D eigenvalue weighted by molar-refractivity contribution is 6.14. The molecule has 0 aromatic heterocycles. The number of carbonyl (C=O) groups excluding carboxylic acids is 1. The summed E-state index contributed by atoms with van der Waals surface area (Å²) in [5.74, 6) is 0.671. The predicted octanol–water partition coefficient (Wildman–Crippen LogP) is 3.21. The molecule has 0 radical (unpaired) electrons. The smallest absolute Gasteiger partial charge is 0.231 e. The summed E-state index contributed by atoms with van der Waals surface area (Å²) < 4.78 is 19.3. The average Bonchev–Trinajstić information content (AvgIpc) is 2.92. The number of rotatable bonds is 7. The minimum atomic E-state index is -0.383. The van der Waals surface area contributed by atoms with Gasteiger partial charge in [0.2, 0.25) is 5.78 Å². The van der Waals surface area contributed by atoms with Gasteiger partial charge in [-0.05, 0) is 29.8 Å². The van der Waals surface area contributed by atoms with Crippen LogP contribution < -0.4 is 14.7 Å². The molecule has 0 saturated heterocycles. The summed E-state index contributed by atoms with van der Waals surface area (Å²) in [6, 6.07) is 8.94. The van der Waals surface area contributed by atoms with E-state index in [1.54, 1.807) is 12.1 Å². The van der Waals surface area contributed by atoms with Gasteiger partial charge in [-0.1, -0.05) is 51.6 Å². The first-order valence-corrected chi connectivity index (χ1v) is 10.1. The Bertz CT molecular complexity index is 924. The van der Waals surface area contributed by atoms with E-state index < -0.39 is 0 Å². The number of Topliss-reactive ketones (excluding diaryl/α,β-unsaturated/α-hetero) is 1. The minimum Gasteiger partial charge on any atom is -0.872 e. The maximum Gasteiger partial charge on any atom is 0.231 e. The van der Waals surface area contributed by atoms with Crippen molar-refractivity contribution in [1.29, 1.82) is 0 Å². The highest BCUT2D eigenvalue weighted by Crippen LogP contribution is 2.38. The van der Waals surface area contributed by atoms with Gasteiger partial charge in [-0.3, -0.25) is 4.79 Å². The Morgan fingerprint density at radius 2 is 1.79 bits per heavy atom. The van der Waals surface area contributed by atoms with Crippen LogP contribution in [0.15, 0.2) is 42.2 Å². The van der Waals surface area contributed by atoms with Crippen LogP contribution in [-0.2, 0) is 6.54 Å². The maximum atomic E-state index is 13.5. The molecule has 1 aliphatic heterocycles. The van der Waals surface area contributed by atoms with Gasteiger partial charge in [0.1, 0.15) is 18.1 Å². The molecule has 2 aromatic rings. The van der Waals surface area contributed by atoms with Crippen LogP contribution in [-0.4, -0.2) is 18.9 Å². The number of hydrogen-bond acceptors (Lipinski definition) is 3. The SMILES string of the molecule is CC(C)C[NH+](Cc1c([O-])ccc2c1O/C(=C\c1cccc(F)c1)C2=O)CC(C)C. The summed E-state index contributed by atoms with van der Waals surface area (Å²) in [7, 11) is 0. The number of fused-ring (bicyclic) bond motifs is 1. The van der Waals surface area contributed by atoms with Crippen LogP contribution >= 0.6 is 0 Å². The summed E-state index contributed by atoms with van der Waals surface area (Å²) in [4.78, 5) is 14.1. The van der Waals surface area contributed by atoms with Crippen LogP contribution in [0.3, 0.4) is 0 Å². The van der Waals surface area contributed by atoms with Gasteiger partial charge in [0.05, 0.1) is 18.7 Å². The molecule has 0 saturated carbocycles. The molecule has 154 valence electrons. The normalized spacial score (nSPS) is 14.9. The average molecular weight is 397 g/mol. The van der Waals surface area contributed by atoms with Crippen molar-refractivity contribution in [2.75, 3.05) is 13.1 Å². The molecule has 0 bridgehead atoms. The lowest BCUT2D eigenvalue weighted by Crippen LogP contribution is -3.11. The molecule has 0 amide bonds. The number of benzene rings is 2. The van der Waals surface area contributed by atoms with Gasteiger partial charge in [0.15, 0.2) is 5.76 Å². The number of nitrogens with one attached hydrogen (secondary N) is 1. The zero-order valence-corrected chi connectivity index (χ0v) is 17.4. The van der Waals surface area contributed by atoms with E-state index in [9.17, 15) is 14.3 Å². The van der Waals surface area contributed by atoms with Crippen LogP contribution in [0.5, 0.6) is 11.5 Å². The Hall–Kier alpha value is -2.66. The molecule has 2 aromatic carbocycles. The largest absolute Gasteiger partial charge is 0.872 e. The molecule has 1 heterocycles. The van der Waals surface area contributed by atoms with Crippen LogP contribution in [0.4, 0.5) is 4.39 Å². The summed E-state index contributed by atoms with van der Waals surface area (Å²) in [6.45, 7) is 11.0. The van der Waals surface area contributed by atoms with Gasteiger partial charge < -0.3 is 14.7 Å². The second-order valence-electron chi connectivity index (χ2n) is 8.54. The van der Waals surface area contributed by atoms with E-state index in [1.807, 2.05) is 0 Å². The Kier molecular flexibility index (Phi) is 6.38. The number of ketones is 1. The molecule has 5 heteroatoms. The van der Waals surface area contributed by atoms with Crippen LogP contribution in [0.2, 0.25) is 0 Å². The van der Waals surface area contributed by atoms with E-state index in [2.05, 4.69) is 27.7 Å². The molecule has 1 N–H and O–H groups in total. The van der Waals surface area contributed by atoms with Gasteiger partial charge in [0.25, 0.3) is 0 Å². The molecule has 0 atom stereocenters. The number of hydrogen-bond donors (Lipinski definition) is 1. The molecule has 1 aliphatic rings. The van der Waals surface area contributed by atoms with E-state index in [4.69, 9.17) is 4.74 Å². The topological polar surface area (TPSA) is 53.8 Å². The first kappa shape index (κ1) is 21.1. The Labute approximate surface area is 171 Å². The molecule has 0 aliphatic carbocycles. The predicted molar refractivity (Wildman–Crippen MR) is 109 cm³/mol. The molecule has 29 heavy (non-hydrogen) atoms. The molecular weight excluding hydrogens is 369 g/mol. The van der Waals surface area contributed by atoms with Gasteiger partial charge in [-0.25, -0.2) is 4.39 Å². The Balaban J connectivity index is 1.93. The molecule has 0 fully saturated rings. The number of allylic oxidation sites excluding steroid dienone is 1. The number of carbonyl (C=O) groups is 1. The monoisotopic (exact) mass is 397 g/mol. The van der Waals surface area contributed by atoms with E-state index in [-0.39, 0.29) is 23.1 Å². The van der Waals surface area contributed by atoms with Crippen molar-refractivity contribution < 1.29 is 23.9 Å². The molecule has 0 unspecified atom stereocenters. The third-order valence-electron chi connectivity index (χ3n) is 4.87. The summed E-state index contributed by atoms with van der Waals surface area (Å²) in [6.07, 6.45) is 1.52.